The van der Waals surface area contributed by atoms with Crippen LogP contribution >= 0.6 is 11.6 Å². The first-order valence-electron chi connectivity index (χ1n) is 11.2. The topological polar surface area (TPSA) is 78.3 Å². The molecule has 0 radical (unpaired) electrons. The Hall–Kier alpha value is -3.58. The molecule has 176 valence electrons. The summed E-state index contributed by atoms with van der Waals surface area (Å²) in [6.45, 7) is 3.13. The quantitative estimate of drug-likeness (QED) is 0.248. The maximum Gasteiger partial charge on any atom is 0.341 e. The van der Waals surface area contributed by atoms with Crippen molar-refractivity contribution in [3.8, 4) is 5.75 Å². The van der Waals surface area contributed by atoms with Crippen LogP contribution < -0.4 is 10.1 Å². The van der Waals surface area contributed by atoms with Gasteiger partial charge in [-0.1, -0.05) is 42.5 Å². The number of benzene rings is 2. The molecule has 8 heteroatoms. The maximum atomic E-state index is 12.6. The van der Waals surface area contributed by atoms with E-state index in [0.717, 1.165) is 28.7 Å². The number of carbonyl (C=O) groups is 1. The van der Waals surface area contributed by atoms with E-state index in [1.807, 2.05) is 54.6 Å². The fourth-order valence-corrected chi connectivity index (χ4v) is 4.03. The molecular weight excluding hydrogens is 452 g/mol. The van der Waals surface area contributed by atoms with Crippen LogP contribution in [-0.4, -0.2) is 41.0 Å². The van der Waals surface area contributed by atoms with Gasteiger partial charge in [-0.2, -0.15) is 5.10 Å². The standard InChI is InChI=1S/C26H27ClN4O3/c1-3-34-26(32)22-15-29-25-21(16-30-31(25)17-23(27)19-7-5-4-6-8-19)24(22)28-14-13-18-9-11-20(33-2)12-10-18/h4-12,15-16,23H,3,13-14,17H2,1-2H3,(H,28,29)/t23-/m1/s1. The van der Waals surface area contributed by atoms with Gasteiger partial charge in [0.1, 0.15) is 11.3 Å². The number of nitrogens with one attached hydrogen (secondary N) is 1. The molecule has 7 nitrogen and oxygen atoms in total. The van der Waals surface area contributed by atoms with Crippen LogP contribution in [0.4, 0.5) is 5.69 Å². The number of rotatable bonds is 10. The minimum Gasteiger partial charge on any atom is -0.497 e. The predicted octanol–water partition coefficient (Wildman–Crippen LogP) is 5.25. The number of aromatic nitrogens is 3. The number of hydrogen-bond donors (Lipinski definition) is 1. The van der Waals surface area contributed by atoms with Crippen LogP contribution in [0, 0.1) is 0 Å². The molecule has 4 rings (SSSR count). The van der Waals surface area contributed by atoms with Crippen LogP contribution in [0.1, 0.15) is 33.8 Å². The summed E-state index contributed by atoms with van der Waals surface area (Å²) in [7, 11) is 1.65. The first-order chi connectivity index (χ1) is 16.6. The number of nitrogens with zero attached hydrogens (tertiary/aromatic N) is 3. The van der Waals surface area contributed by atoms with Crippen molar-refractivity contribution in [3.05, 3.63) is 83.7 Å². The van der Waals surface area contributed by atoms with Crippen LogP contribution in [0.2, 0.25) is 0 Å². The van der Waals surface area contributed by atoms with E-state index in [9.17, 15) is 4.79 Å². The van der Waals surface area contributed by atoms with E-state index in [2.05, 4.69) is 15.4 Å². The summed E-state index contributed by atoms with van der Waals surface area (Å²) in [5, 5.41) is 8.42. The van der Waals surface area contributed by atoms with Crippen molar-refractivity contribution < 1.29 is 14.3 Å². The highest BCUT2D eigenvalue weighted by atomic mass is 35.5. The Morgan fingerprint density at radius 1 is 1.12 bits per heavy atom. The van der Waals surface area contributed by atoms with Gasteiger partial charge in [0, 0.05) is 12.7 Å². The summed E-state index contributed by atoms with van der Waals surface area (Å²) >= 11 is 6.65. The zero-order valence-corrected chi connectivity index (χ0v) is 20.0. The van der Waals surface area contributed by atoms with Crippen molar-refractivity contribution in [2.45, 2.75) is 25.3 Å². The Morgan fingerprint density at radius 2 is 1.88 bits per heavy atom. The molecule has 0 amide bonds. The molecule has 0 spiro atoms. The second-order valence-electron chi connectivity index (χ2n) is 7.73. The second-order valence-corrected chi connectivity index (χ2v) is 8.26. The van der Waals surface area contributed by atoms with Crippen LogP contribution in [0.15, 0.2) is 67.0 Å². The molecule has 2 heterocycles. The van der Waals surface area contributed by atoms with Gasteiger partial charge < -0.3 is 14.8 Å². The monoisotopic (exact) mass is 478 g/mol. The molecule has 1 atom stereocenters. The maximum absolute atomic E-state index is 12.6. The molecule has 0 saturated carbocycles. The van der Waals surface area contributed by atoms with Crippen molar-refractivity contribution in [1.29, 1.82) is 0 Å². The molecular formula is C26H27ClN4O3. The smallest absolute Gasteiger partial charge is 0.341 e. The van der Waals surface area contributed by atoms with Gasteiger partial charge in [-0.3, -0.25) is 0 Å². The van der Waals surface area contributed by atoms with Gasteiger partial charge in [-0.05, 0) is 36.6 Å². The van der Waals surface area contributed by atoms with E-state index < -0.39 is 5.97 Å². The number of halogens is 1. The molecule has 0 fully saturated rings. The lowest BCUT2D eigenvalue weighted by molar-refractivity contribution is 0.0527. The summed E-state index contributed by atoms with van der Waals surface area (Å²) in [5.41, 5.74) is 3.86. The number of carbonyl (C=O) groups excluding carboxylic acids is 1. The Labute approximate surface area is 203 Å². The van der Waals surface area contributed by atoms with Crippen molar-refractivity contribution in [3.63, 3.8) is 0 Å². The number of anilines is 1. The predicted molar refractivity (Wildman–Crippen MR) is 134 cm³/mol. The molecule has 2 aromatic carbocycles. The van der Waals surface area contributed by atoms with E-state index >= 15 is 0 Å². The third-order valence-electron chi connectivity index (χ3n) is 5.53. The van der Waals surface area contributed by atoms with Gasteiger partial charge >= 0.3 is 5.97 Å². The number of ether oxygens (including phenoxy) is 2. The lowest BCUT2D eigenvalue weighted by atomic mass is 10.1. The van der Waals surface area contributed by atoms with E-state index in [-0.39, 0.29) is 12.0 Å². The van der Waals surface area contributed by atoms with Gasteiger partial charge in [0.2, 0.25) is 0 Å². The van der Waals surface area contributed by atoms with Crippen LogP contribution in [0.3, 0.4) is 0 Å². The first kappa shape index (κ1) is 23.6. The molecule has 0 aliphatic heterocycles. The number of alkyl halides is 1. The zero-order valence-electron chi connectivity index (χ0n) is 19.2. The molecule has 0 unspecified atom stereocenters. The fourth-order valence-electron chi connectivity index (χ4n) is 3.76. The summed E-state index contributed by atoms with van der Waals surface area (Å²) < 4.78 is 12.2. The lowest BCUT2D eigenvalue weighted by Crippen LogP contribution is -2.13. The van der Waals surface area contributed by atoms with Crippen molar-refractivity contribution in [1.82, 2.24) is 14.8 Å². The highest BCUT2D eigenvalue weighted by Gasteiger charge is 2.20. The first-order valence-corrected chi connectivity index (χ1v) is 11.6. The van der Waals surface area contributed by atoms with Crippen molar-refractivity contribution >= 4 is 34.3 Å². The lowest BCUT2D eigenvalue weighted by Gasteiger charge is -2.14. The number of hydrogen-bond acceptors (Lipinski definition) is 6. The Kier molecular flexibility index (Phi) is 7.65. The minimum atomic E-state index is -0.420. The third-order valence-corrected chi connectivity index (χ3v) is 5.92. The molecule has 0 aliphatic rings. The van der Waals surface area contributed by atoms with Gasteiger partial charge in [0.25, 0.3) is 0 Å². The Balaban J connectivity index is 1.59. The fraction of sp³-hybridized carbons (Fsp3) is 0.269. The molecule has 4 aromatic rings. The van der Waals surface area contributed by atoms with Gasteiger partial charge in [0.15, 0.2) is 5.65 Å². The van der Waals surface area contributed by atoms with E-state index in [1.54, 1.807) is 31.1 Å². The zero-order chi connectivity index (χ0) is 23.9. The normalized spacial score (nSPS) is 11.9. The summed E-state index contributed by atoms with van der Waals surface area (Å²) in [6.07, 6.45) is 4.03. The third kappa shape index (κ3) is 5.31. The van der Waals surface area contributed by atoms with Gasteiger partial charge in [-0.15, -0.1) is 11.6 Å². The number of pyridine rings is 1. The highest BCUT2D eigenvalue weighted by Crippen LogP contribution is 2.29. The van der Waals surface area contributed by atoms with E-state index in [0.29, 0.717) is 30.0 Å². The molecule has 0 saturated heterocycles. The number of esters is 1. The molecule has 0 bridgehead atoms. The Morgan fingerprint density at radius 3 is 2.59 bits per heavy atom. The van der Waals surface area contributed by atoms with E-state index in [1.165, 1.54) is 0 Å². The summed E-state index contributed by atoms with van der Waals surface area (Å²) in [6, 6.07) is 17.8. The average molecular weight is 479 g/mol. The van der Waals surface area contributed by atoms with Gasteiger partial charge in [-0.25, -0.2) is 14.5 Å². The van der Waals surface area contributed by atoms with Crippen molar-refractivity contribution in [2.75, 3.05) is 25.6 Å². The van der Waals surface area contributed by atoms with Crippen molar-refractivity contribution in [2.24, 2.45) is 0 Å². The van der Waals surface area contributed by atoms with Crippen LogP contribution in [0.25, 0.3) is 11.0 Å². The SMILES string of the molecule is CCOC(=O)c1cnc2c(cnn2C[C@@H](Cl)c2ccccc2)c1NCCc1ccc(OC)cc1. The minimum absolute atomic E-state index is 0.262. The summed E-state index contributed by atoms with van der Waals surface area (Å²) in [4.78, 5) is 17.1. The van der Waals surface area contributed by atoms with E-state index in [4.69, 9.17) is 21.1 Å². The van der Waals surface area contributed by atoms with Gasteiger partial charge in [0.05, 0.1) is 42.9 Å². The Bertz CT molecular complexity index is 1240. The summed E-state index contributed by atoms with van der Waals surface area (Å²) in [5.74, 6) is 0.397. The number of fused-ring (bicyclic) bond motifs is 1. The number of methoxy groups -OCH3 is 1. The molecule has 2 aromatic heterocycles. The average Bonchev–Trinajstić information content (AvgIpc) is 3.28. The highest BCUT2D eigenvalue weighted by molar-refractivity contribution is 6.20. The molecule has 0 aliphatic carbocycles. The molecule has 1 N–H and O–H groups in total. The molecule has 34 heavy (non-hydrogen) atoms. The largest absolute Gasteiger partial charge is 0.497 e. The second kappa shape index (κ2) is 11.0. The van der Waals surface area contributed by atoms with Crippen LogP contribution in [-0.2, 0) is 17.7 Å². The van der Waals surface area contributed by atoms with Crippen LogP contribution in [0.5, 0.6) is 5.75 Å².